The van der Waals surface area contributed by atoms with Crippen molar-refractivity contribution in [1.82, 2.24) is 10.2 Å². The van der Waals surface area contributed by atoms with Gasteiger partial charge in [0, 0.05) is 25.0 Å². The van der Waals surface area contributed by atoms with Gasteiger partial charge < -0.3 is 15.3 Å². The predicted molar refractivity (Wildman–Crippen MR) is 90.0 cm³/mol. The highest BCUT2D eigenvalue weighted by atomic mass is 35.5. The van der Waals surface area contributed by atoms with Crippen molar-refractivity contribution in [3.05, 3.63) is 34.9 Å². The van der Waals surface area contributed by atoms with Gasteiger partial charge in [0.25, 0.3) is 0 Å². The maximum atomic E-state index is 12.4. The number of aliphatic carboxylic acids is 1. The summed E-state index contributed by atoms with van der Waals surface area (Å²) < 4.78 is 0. The largest absolute Gasteiger partial charge is 0.480 e. The van der Waals surface area contributed by atoms with Crippen LogP contribution in [0.25, 0.3) is 0 Å². The van der Waals surface area contributed by atoms with Crippen molar-refractivity contribution < 1.29 is 19.5 Å². The van der Waals surface area contributed by atoms with Crippen molar-refractivity contribution >= 4 is 41.0 Å². The number of hydrogen-bond acceptors (Lipinski definition) is 3. The number of carboxylic acids is 1. The van der Waals surface area contributed by atoms with Gasteiger partial charge in [-0.2, -0.15) is 0 Å². The monoisotopic (exact) mass is 372 g/mol. The third-order valence-corrected chi connectivity index (χ3v) is 5.02. The van der Waals surface area contributed by atoms with E-state index >= 15 is 0 Å². The Bertz CT molecular complexity index is 657. The lowest BCUT2D eigenvalue weighted by molar-refractivity contribution is -0.151. The Morgan fingerprint density at radius 3 is 2.33 bits per heavy atom. The minimum atomic E-state index is -1.43. The molecule has 1 aromatic carbocycles. The van der Waals surface area contributed by atoms with Crippen LogP contribution in [0.2, 0.25) is 5.02 Å². The van der Waals surface area contributed by atoms with Crippen LogP contribution in [0, 0.1) is 0 Å². The highest BCUT2D eigenvalue weighted by molar-refractivity contribution is 6.36. The van der Waals surface area contributed by atoms with Crippen LogP contribution in [0.4, 0.5) is 0 Å². The van der Waals surface area contributed by atoms with Gasteiger partial charge >= 0.3 is 5.97 Å². The van der Waals surface area contributed by atoms with Crippen LogP contribution in [0.1, 0.15) is 30.7 Å². The molecule has 2 rings (SSSR count). The molecule has 24 heavy (non-hydrogen) atoms. The molecule has 1 saturated heterocycles. The van der Waals surface area contributed by atoms with Crippen molar-refractivity contribution in [2.24, 2.45) is 0 Å². The molecule has 0 radical (unpaired) electrons. The summed E-state index contributed by atoms with van der Waals surface area (Å²) in [6.07, 6.45) is 0.250. The maximum Gasteiger partial charge on any atom is 0.329 e. The van der Waals surface area contributed by atoms with E-state index < -0.39 is 22.8 Å². The van der Waals surface area contributed by atoms with Crippen LogP contribution >= 0.6 is 23.2 Å². The average molecular weight is 373 g/mol. The molecule has 0 aromatic heterocycles. The number of hydrogen-bond donors (Lipinski definition) is 2. The van der Waals surface area contributed by atoms with Crippen LogP contribution in [0.3, 0.4) is 0 Å². The zero-order chi connectivity index (χ0) is 17.9. The van der Waals surface area contributed by atoms with E-state index in [1.807, 2.05) is 0 Å². The summed E-state index contributed by atoms with van der Waals surface area (Å²) in [5.74, 6) is -1.88. The SMILES string of the molecule is CC(=O)N1CCC(NC(=O)C(Cl)c2ccccc2Cl)(C(=O)O)CC1. The molecule has 2 N–H and O–H groups in total. The Morgan fingerprint density at radius 1 is 1.25 bits per heavy atom. The Hall–Kier alpha value is -1.79. The van der Waals surface area contributed by atoms with Gasteiger partial charge in [-0.3, -0.25) is 9.59 Å². The fourth-order valence-corrected chi connectivity index (χ4v) is 3.26. The molecule has 1 aromatic rings. The summed E-state index contributed by atoms with van der Waals surface area (Å²) in [5.41, 5.74) is -1.02. The van der Waals surface area contributed by atoms with Gasteiger partial charge in [-0.05, 0) is 24.5 Å². The summed E-state index contributed by atoms with van der Waals surface area (Å²) in [4.78, 5) is 37.1. The minimum Gasteiger partial charge on any atom is -0.480 e. The average Bonchev–Trinajstić information content (AvgIpc) is 2.54. The number of carbonyl (C=O) groups excluding carboxylic acids is 2. The summed E-state index contributed by atoms with van der Waals surface area (Å²) in [6.45, 7) is 1.96. The third-order valence-electron chi connectivity index (χ3n) is 4.24. The smallest absolute Gasteiger partial charge is 0.329 e. The van der Waals surface area contributed by atoms with Crippen LogP contribution in [-0.2, 0) is 14.4 Å². The molecule has 6 nitrogen and oxygen atoms in total. The number of carbonyl (C=O) groups is 3. The van der Waals surface area contributed by atoms with E-state index in [1.165, 1.54) is 6.92 Å². The maximum absolute atomic E-state index is 12.4. The highest BCUT2D eigenvalue weighted by Gasteiger charge is 2.44. The molecule has 1 aliphatic heterocycles. The molecule has 0 aliphatic carbocycles. The van der Waals surface area contributed by atoms with Gasteiger partial charge in [0.2, 0.25) is 11.8 Å². The summed E-state index contributed by atoms with van der Waals surface area (Å²) in [5, 5.41) is 11.4. The second-order valence-corrected chi connectivity index (χ2v) is 6.61. The van der Waals surface area contributed by atoms with Crippen molar-refractivity contribution in [2.45, 2.75) is 30.7 Å². The summed E-state index contributed by atoms with van der Waals surface area (Å²) >= 11 is 12.2. The molecule has 130 valence electrons. The molecule has 1 aliphatic rings. The number of nitrogens with one attached hydrogen (secondary N) is 1. The molecule has 0 bridgehead atoms. The summed E-state index contributed by atoms with van der Waals surface area (Å²) in [6, 6.07) is 6.63. The first kappa shape index (κ1) is 18.5. The first-order valence-electron chi connectivity index (χ1n) is 7.46. The van der Waals surface area contributed by atoms with Crippen LogP contribution in [0.15, 0.2) is 24.3 Å². The van der Waals surface area contributed by atoms with Gasteiger partial charge in [0.1, 0.15) is 10.9 Å². The fraction of sp³-hybridized carbons (Fsp3) is 0.438. The number of halogens is 2. The molecule has 2 amide bonds. The summed E-state index contributed by atoms with van der Waals surface area (Å²) in [7, 11) is 0. The number of likely N-dealkylation sites (tertiary alicyclic amines) is 1. The molecular formula is C16H18Cl2N2O4. The third kappa shape index (κ3) is 3.82. The fourth-order valence-electron chi connectivity index (χ4n) is 2.72. The number of benzene rings is 1. The topological polar surface area (TPSA) is 86.7 Å². The lowest BCUT2D eigenvalue weighted by Crippen LogP contribution is -2.61. The normalized spacial score (nSPS) is 17.9. The van der Waals surface area contributed by atoms with Crippen molar-refractivity contribution in [2.75, 3.05) is 13.1 Å². The van der Waals surface area contributed by atoms with Crippen LogP contribution in [-0.4, -0.2) is 46.4 Å². The quantitative estimate of drug-likeness (QED) is 0.793. The van der Waals surface area contributed by atoms with Gasteiger partial charge in [-0.1, -0.05) is 29.8 Å². The molecule has 1 unspecified atom stereocenters. The zero-order valence-electron chi connectivity index (χ0n) is 13.1. The van der Waals surface area contributed by atoms with Crippen molar-refractivity contribution in [3.63, 3.8) is 0 Å². The highest BCUT2D eigenvalue weighted by Crippen LogP contribution is 2.30. The van der Waals surface area contributed by atoms with Crippen molar-refractivity contribution in [3.8, 4) is 0 Å². The number of amides is 2. The van der Waals surface area contributed by atoms with E-state index in [9.17, 15) is 19.5 Å². The minimum absolute atomic E-state index is 0.119. The van der Waals surface area contributed by atoms with Crippen LogP contribution < -0.4 is 5.32 Å². The van der Waals surface area contributed by atoms with E-state index in [1.54, 1.807) is 29.2 Å². The molecule has 1 atom stereocenters. The Morgan fingerprint density at radius 2 is 1.83 bits per heavy atom. The Kier molecular flexibility index (Phi) is 5.72. The number of carboxylic acid groups (broad SMARTS) is 1. The number of alkyl halides is 1. The van der Waals surface area contributed by atoms with Gasteiger partial charge in [0.05, 0.1) is 0 Å². The number of piperidine rings is 1. The Labute approximate surface area is 149 Å². The molecule has 1 heterocycles. The number of rotatable bonds is 4. The predicted octanol–water partition coefficient (Wildman–Crippen LogP) is 2.20. The van der Waals surface area contributed by atoms with Crippen LogP contribution in [0.5, 0.6) is 0 Å². The van der Waals surface area contributed by atoms with E-state index in [0.717, 1.165) is 0 Å². The first-order chi connectivity index (χ1) is 11.3. The molecule has 0 spiro atoms. The molecular weight excluding hydrogens is 355 g/mol. The van der Waals surface area contributed by atoms with Crippen molar-refractivity contribution in [1.29, 1.82) is 0 Å². The lowest BCUT2D eigenvalue weighted by atomic mass is 9.87. The Balaban J connectivity index is 2.14. The van der Waals surface area contributed by atoms with Gasteiger partial charge in [0.15, 0.2) is 0 Å². The molecule has 8 heteroatoms. The van der Waals surface area contributed by atoms with Gasteiger partial charge in [-0.15, -0.1) is 11.6 Å². The zero-order valence-corrected chi connectivity index (χ0v) is 14.6. The standard InChI is InChI=1S/C16H18Cl2N2O4/c1-10(21)20-8-6-16(7-9-20,15(23)24)19-14(22)13(18)11-4-2-3-5-12(11)17/h2-5,13H,6-9H2,1H3,(H,19,22)(H,23,24). The second-order valence-electron chi connectivity index (χ2n) is 5.77. The van der Waals surface area contributed by atoms with E-state index in [0.29, 0.717) is 10.6 Å². The van der Waals surface area contributed by atoms with E-state index in [2.05, 4.69) is 5.32 Å². The molecule has 1 fully saturated rings. The molecule has 0 saturated carbocycles. The number of nitrogens with zero attached hydrogens (tertiary/aromatic N) is 1. The second kappa shape index (κ2) is 7.40. The first-order valence-corrected chi connectivity index (χ1v) is 8.28. The van der Waals surface area contributed by atoms with Gasteiger partial charge in [-0.25, -0.2) is 4.79 Å². The lowest BCUT2D eigenvalue weighted by Gasteiger charge is -2.39. The van der Waals surface area contributed by atoms with E-state index in [4.69, 9.17) is 23.2 Å². The van der Waals surface area contributed by atoms with E-state index in [-0.39, 0.29) is 31.8 Å².